The van der Waals surface area contributed by atoms with Crippen molar-refractivity contribution in [3.05, 3.63) is 90.8 Å². The molecular weight excluding hydrogens is 467 g/mol. The number of rotatable bonds is 5. The number of fused-ring (bicyclic) bond motifs is 1. The fraction of sp³-hybridized carbons (Fsp3) is 0.143. The Hall–Kier alpha value is -3.53. The van der Waals surface area contributed by atoms with Gasteiger partial charge in [-0.2, -0.15) is 10.1 Å². The summed E-state index contributed by atoms with van der Waals surface area (Å²) in [6.07, 6.45) is 1.51. The second-order valence-corrected chi connectivity index (χ2v) is 7.86. The van der Waals surface area contributed by atoms with Gasteiger partial charge in [0.15, 0.2) is 11.2 Å². The smallest absolute Gasteiger partial charge is 0.298 e. The highest BCUT2D eigenvalue weighted by Gasteiger charge is 2.19. The van der Waals surface area contributed by atoms with E-state index in [1.165, 1.54) is 30.0 Å². The monoisotopic (exact) mass is 484 g/mol. The van der Waals surface area contributed by atoms with E-state index in [4.69, 9.17) is 0 Å². The molecule has 2 aromatic carbocycles. The molecule has 1 N–H and O–H groups in total. The summed E-state index contributed by atoms with van der Waals surface area (Å²) in [6, 6.07) is 13.5. The fourth-order valence-corrected chi connectivity index (χ4v) is 3.44. The molecule has 0 saturated heterocycles. The standard InChI is InChI=1S/C21H18BrFN6O2/c1-27-18-17(19(30)28(2)21(27)31)29(12-14-3-7-15(22)8-4-14)20(25-18)26-24-11-13-5-9-16(23)10-6-13/h3-11H,12H2,1-2H3,(H,25,26)/b24-11-. The van der Waals surface area contributed by atoms with Crippen LogP contribution in [0, 0.1) is 5.82 Å². The molecular formula is C21H18BrFN6O2. The van der Waals surface area contributed by atoms with Gasteiger partial charge in [0, 0.05) is 18.6 Å². The van der Waals surface area contributed by atoms with Crippen molar-refractivity contribution < 1.29 is 4.39 Å². The molecule has 158 valence electrons. The number of hydrogen-bond donors (Lipinski definition) is 1. The summed E-state index contributed by atoms with van der Waals surface area (Å²) in [4.78, 5) is 29.7. The lowest BCUT2D eigenvalue weighted by Crippen LogP contribution is -2.37. The van der Waals surface area contributed by atoms with E-state index in [0.29, 0.717) is 18.1 Å². The zero-order chi connectivity index (χ0) is 22.1. The van der Waals surface area contributed by atoms with Gasteiger partial charge in [-0.3, -0.25) is 18.5 Å². The van der Waals surface area contributed by atoms with E-state index in [1.807, 2.05) is 24.3 Å². The number of aromatic nitrogens is 4. The molecule has 2 heterocycles. The molecule has 4 rings (SSSR count). The highest BCUT2D eigenvalue weighted by molar-refractivity contribution is 9.10. The number of hydrazone groups is 1. The Morgan fingerprint density at radius 3 is 2.42 bits per heavy atom. The first-order valence-corrected chi connectivity index (χ1v) is 10.1. The third-order valence-corrected chi connectivity index (χ3v) is 5.38. The lowest BCUT2D eigenvalue weighted by atomic mass is 10.2. The summed E-state index contributed by atoms with van der Waals surface area (Å²) in [5, 5.41) is 4.17. The molecule has 31 heavy (non-hydrogen) atoms. The quantitative estimate of drug-likeness (QED) is 0.348. The van der Waals surface area contributed by atoms with Crippen LogP contribution < -0.4 is 16.7 Å². The second kappa shape index (κ2) is 8.31. The molecule has 0 fully saturated rings. The zero-order valence-corrected chi connectivity index (χ0v) is 18.3. The van der Waals surface area contributed by atoms with Crippen LogP contribution in [0.4, 0.5) is 10.3 Å². The lowest BCUT2D eigenvalue weighted by molar-refractivity contribution is 0.628. The van der Waals surface area contributed by atoms with Crippen molar-refractivity contribution in [2.75, 3.05) is 5.43 Å². The van der Waals surface area contributed by atoms with E-state index >= 15 is 0 Å². The van der Waals surface area contributed by atoms with E-state index in [2.05, 4.69) is 31.4 Å². The molecule has 2 aromatic heterocycles. The second-order valence-electron chi connectivity index (χ2n) is 6.95. The zero-order valence-electron chi connectivity index (χ0n) is 16.7. The van der Waals surface area contributed by atoms with Gasteiger partial charge >= 0.3 is 5.69 Å². The number of benzene rings is 2. The van der Waals surface area contributed by atoms with Gasteiger partial charge in [-0.1, -0.05) is 40.2 Å². The van der Waals surface area contributed by atoms with E-state index < -0.39 is 11.2 Å². The highest BCUT2D eigenvalue weighted by Crippen LogP contribution is 2.19. The summed E-state index contributed by atoms with van der Waals surface area (Å²) in [5.41, 5.74) is 4.09. The summed E-state index contributed by atoms with van der Waals surface area (Å²) < 4.78 is 18.1. The number of anilines is 1. The molecule has 0 unspecified atom stereocenters. The predicted molar refractivity (Wildman–Crippen MR) is 121 cm³/mol. The van der Waals surface area contributed by atoms with Crippen LogP contribution >= 0.6 is 15.9 Å². The van der Waals surface area contributed by atoms with Crippen molar-refractivity contribution >= 4 is 39.3 Å². The van der Waals surface area contributed by atoms with Crippen LogP contribution in [-0.4, -0.2) is 24.9 Å². The summed E-state index contributed by atoms with van der Waals surface area (Å²) in [5.74, 6) is -0.0345. The third kappa shape index (κ3) is 4.06. The van der Waals surface area contributed by atoms with Gasteiger partial charge in [0.05, 0.1) is 12.8 Å². The Morgan fingerprint density at radius 2 is 1.74 bits per heavy atom. The first-order valence-electron chi connectivity index (χ1n) is 9.30. The Balaban J connectivity index is 1.80. The van der Waals surface area contributed by atoms with Crippen molar-refractivity contribution in [1.29, 1.82) is 0 Å². The average molecular weight is 485 g/mol. The number of halogens is 2. The number of nitrogens with zero attached hydrogens (tertiary/aromatic N) is 5. The summed E-state index contributed by atoms with van der Waals surface area (Å²) in [6.45, 7) is 0.339. The Labute approximate surface area is 184 Å². The maximum atomic E-state index is 13.1. The van der Waals surface area contributed by atoms with Gasteiger partial charge in [-0.25, -0.2) is 14.6 Å². The van der Waals surface area contributed by atoms with Gasteiger partial charge in [-0.05, 0) is 35.4 Å². The molecule has 0 aliphatic heterocycles. The van der Waals surface area contributed by atoms with E-state index in [9.17, 15) is 14.0 Å². The first kappa shape index (κ1) is 20.7. The third-order valence-electron chi connectivity index (χ3n) is 4.85. The van der Waals surface area contributed by atoms with Crippen LogP contribution in [-0.2, 0) is 20.6 Å². The topological polar surface area (TPSA) is 86.2 Å². The maximum Gasteiger partial charge on any atom is 0.332 e. The number of imidazole rings is 1. The summed E-state index contributed by atoms with van der Waals surface area (Å²) in [7, 11) is 2.99. The van der Waals surface area contributed by atoms with Crippen molar-refractivity contribution in [2.45, 2.75) is 6.54 Å². The number of aryl methyl sites for hydroxylation is 1. The van der Waals surface area contributed by atoms with Gasteiger partial charge < -0.3 is 0 Å². The molecule has 8 nitrogen and oxygen atoms in total. The number of nitrogens with one attached hydrogen (secondary N) is 1. The molecule has 0 amide bonds. The molecule has 0 saturated carbocycles. The van der Waals surface area contributed by atoms with Gasteiger partial charge in [0.2, 0.25) is 5.95 Å². The summed E-state index contributed by atoms with van der Waals surface area (Å²) >= 11 is 3.41. The van der Waals surface area contributed by atoms with Gasteiger partial charge in [-0.15, -0.1) is 0 Å². The van der Waals surface area contributed by atoms with Crippen LogP contribution in [0.1, 0.15) is 11.1 Å². The molecule has 0 aliphatic rings. The minimum absolute atomic E-state index is 0.254. The molecule has 10 heteroatoms. The highest BCUT2D eigenvalue weighted by atomic mass is 79.9. The Bertz CT molecular complexity index is 1400. The van der Waals surface area contributed by atoms with Crippen molar-refractivity contribution in [3.8, 4) is 0 Å². The van der Waals surface area contributed by atoms with Crippen molar-refractivity contribution in [3.63, 3.8) is 0 Å². The fourth-order valence-electron chi connectivity index (χ4n) is 3.17. The van der Waals surface area contributed by atoms with Crippen molar-refractivity contribution in [1.82, 2.24) is 18.7 Å². The molecule has 0 radical (unpaired) electrons. The van der Waals surface area contributed by atoms with Crippen LogP contribution in [0.2, 0.25) is 0 Å². The SMILES string of the molecule is Cn1c(=O)c2c(nc(N/N=C\c3ccc(F)cc3)n2Cc2ccc(Br)cc2)n(C)c1=O. The largest absolute Gasteiger partial charge is 0.332 e. The lowest BCUT2D eigenvalue weighted by Gasteiger charge is -2.09. The van der Waals surface area contributed by atoms with Crippen LogP contribution in [0.15, 0.2) is 67.7 Å². The van der Waals surface area contributed by atoms with Gasteiger partial charge in [0.25, 0.3) is 5.56 Å². The van der Waals surface area contributed by atoms with Crippen LogP contribution in [0.25, 0.3) is 11.2 Å². The minimum Gasteiger partial charge on any atom is -0.298 e. The van der Waals surface area contributed by atoms with E-state index in [0.717, 1.165) is 14.6 Å². The van der Waals surface area contributed by atoms with Crippen LogP contribution in [0.3, 0.4) is 0 Å². The molecule has 0 spiro atoms. The van der Waals surface area contributed by atoms with Crippen LogP contribution in [0.5, 0.6) is 0 Å². The van der Waals surface area contributed by atoms with E-state index in [-0.39, 0.29) is 17.0 Å². The number of hydrogen-bond acceptors (Lipinski definition) is 5. The van der Waals surface area contributed by atoms with Crippen molar-refractivity contribution in [2.24, 2.45) is 19.2 Å². The molecule has 0 bridgehead atoms. The van der Waals surface area contributed by atoms with Gasteiger partial charge in [0.1, 0.15) is 5.82 Å². The minimum atomic E-state index is -0.466. The molecule has 4 aromatic rings. The molecule has 0 aliphatic carbocycles. The Morgan fingerprint density at radius 1 is 1.06 bits per heavy atom. The first-order chi connectivity index (χ1) is 14.8. The predicted octanol–water partition coefficient (Wildman–Crippen LogP) is 2.83. The Kier molecular flexibility index (Phi) is 5.55. The van der Waals surface area contributed by atoms with E-state index in [1.54, 1.807) is 23.7 Å². The average Bonchev–Trinajstić information content (AvgIpc) is 3.12. The maximum absolute atomic E-state index is 13.1. The normalized spacial score (nSPS) is 11.5. The molecule has 0 atom stereocenters.